The van der Waals surface area contributed by atoms with Crippen LogP contribution < -0.4 is 0 Å². The Bertz CT molecular complexity index is 249. The minimum Gasteiger partial charge on any atom is -0.360 e. The molecule has 1 aliphatic carbocycles. The molecule has 1 saturated carbocycles. The number of hydrogen-bond donors (Lipinski definition) is 0. The highest BCUT2D eigenvalue weighted by Crippen LogP contribution is 2.21. The lowest BCUT2D eigenvalue weighted by Crippen LogP contribution is -2.15. The molecule has 0 saturated heterocycles. The number of hydrogen-bond acceptors (Lipinski definition) is 1. The van der Waals surface area contributed by atoms with Gasteiger partial charge >= 0.3 is 0 Å². The summed E-state index contributed by atoms with van der Waals surface area (Å²) in [5.41, 5.74) is 1.04. The van der Waals surface area contributed by atoms with E-state index in [-0.39, 0.29) is 0 Å². The molecule has 1 fully saturated rings. The van der Waals surface area contributed by atoms with Crippen LogP contribution in [0.15, 0.2) is 30.3 Å². The molecule has 0 amide bonds. The highest BCUT2D eigenvalue weighted by molar-refractivity contribution is 5.19. The Morgan fingerprint density at radius 3 is 2.43 bits per heavy atom. The van der Waals surface area contributed by atoms with Gasteiger partial charge in [-0.2, -0.15) is 0 Å². The number of benzene rings is 1. The van der Waals surface area contributed by atoms with Gasteiger partial charge in [-0.1, -0.05) is 49.6 Å². The second kappa shape index (κ2) is 5.16. The van der Waals surface area contributed by atoms with Gasteiger partial charge in [0.15, 0.2) is 6.61 Å². The van der Waals surface area contributed by atoms with E-state index in [0.717, 1.165) is 5.56 Å². The van der Waals surface area contributed by atoms with Crippen molar-refractivity contribution in [2.24, 2.45) is 0 Å². The van der Waals surface area contributed by atoms with Crippen molar-refractivity contribution in [3.05, 3.63) is 42.5 Å². The van der Waals surface area contributed by atoms with Crippen LogP contribution in [0.5, 0.6) is 0 Å². The minimum atomic E-state index is 0.406. The molecule has 1 aromatic rings. The first-order valence-corrected chi connectivity index (χ1v) is 5.42. The SMILES string of the molecule is [C](OC1CCCCC1)c1ccccc1. The van der Waals surface area contributed by atoms with Crippen molar-refractivity contribution in [3.8, 4) is 0 Å². The van der Waals surface area contributed by atoms with Crippen LogP contribution in [0.4, 0.5) is 0 Å². The maximum absolute atomic E-state index is 5.62. The van der Waals surface area contributed by atoms with E-state index in [9.17, 15) is 0 Å². The van der Waals surface area contributed by atoms with E-state index >= 15 is 0 Å². The van der Waals surface area contributed by atoms with E-state index in [1.807, 2.05) is 30.3 Å². The van der Waals surface area contributed by atoms with Crippen LogP contribution in [0.1, 0.15) is 37.7 Å². The summed E-state index contributed by atoms with van der Waals surface area (Å²) < 4.78 is 5.62. The number of ether oxygens (including phenoxy) is 1. The normalized spacial score (nSPS) is 18.3. The van der Waals surface area contributed by atoms with Crippen LogP contribution in [-0.4, -0.2) is 6.10 Å². The van der Waals surface area contributed by atoms with Crippen LogP contribution >= 0.6 is 0 Å². The fourth-order valence-electron chi connectivity index (χ4n) is 1.84. The zero-order valence-corrected chi connectivity index (χ0v) is 8.41. The Labute approximate surface area is 86.1 Å². The molecule has 1 heteroatoms. The standard InChI is InChI=1S/C13H16O/c1-3-7-12(8-4-1)11-14-13-9-5-2-6-10-13/h1,3-4,7-8,13H,2,5-6,9-10H2. The van der Waals surface area contributed by atoms with Gasteiger partial charge in [-0.05, 0) is 18.4 Å². The lowest BCUT2D eigenvalue weighted by Gasteiger charge is -2.21. The summed E-state index contributed by atoms with van der Waals surface area (Å²) >= 11 is 0. The largest absolute Gasteiger partial charge is 0.360 e. The monoisotopic (exact) mass is 188 g/mol. The van der Waals surface area contributed by atoms with Crippen LogP contribution in [0.3, 0.4) is 0 Å². The van der Waals surface area contributed by atoms with Crippen molar-refractivity contribution in [1.29, 1.82) is 0 Å². The molecule has 0 N–H and O–H groups in total. The molecule has 1 nitrogen and oxygen atoms in total. The Kier molecular flexibility index (Phi) is 3.58. The van der Waals surface area contributed by atoms with Gasteiger partial charge in [0.25, 0.3) is 0 Å². The van der Waals surface area contributed by atoms with Crippen molar-refractivity contribution < 1.29 is 4.74 Å². The zero-order valence-electron chi connectivity index (χ0n) is 8.41. The van der Waals surface area contributed by atoms with E-state index in [2.05, 4.69) is 6.61 Å². The summed E-state index contributed by atoms with van der Waals surface area (Å²) in [6.45, 7) is 3.01. The summed E-state index contributed by atoms with van der Waals surface area (Å²) in [6.07, 6.45) is 6.77. The third kappa shape index (κ3) is 2.85. The van der Waals surface area contributed by atoms with E-state index in [0.29, 0.717) is 6.10 Å². The van der Waals surface area contributed by atoms with Crippen molar-refractivity contribution in [3.63, 3.8) is 0 Å². The molecule has 0 heterocycles. The van der Waals surface area contributed by atoms with Crippen molar-refractivity contribution in [2.45, 2.75) is 38.2 Å². The Balaban J connectivity index is 1.76. The molecule has 0 atom stereocenters. The molecule has 2 rings (SSSR count). The van der Waals surface area contributed by atoms with Crippen LogP contribution in [-0.2, 0) is 4.74 Å². The van der Waals surface area contributed by atoms with E-state index in [1.54, 1.807) is 0 Å². The molecule has 0 spiro atoms. The van der Waals surface area contributed by atoms with Gasteiger partial charge < -0.3 is 4.74 Å². The van der Waals surface area contributed by atoms with Crippen molar-refractivity contribution in [2.75, 3.05) is 0 Å². The molecule has 0 aromatic heterocycles. The highest BCUT2D eigenvalue weighted by atomic mass is 16.5. The fraction of sp³-hybridized carbons (Fsp3) is 0.462. The van der Waals surface area contributed by atoms with Crippen LogP contribution in [0.25, 0.3) is 0 Å². The first-order valence-electron chi connectivity index (χ1n) is 5.42. The summed E-state index contributed by atoms with van der Waals surface area (Å²) in [5.74, 6) is 0. The molecule has 0 bridgehead atoms. The smallest absolute Gasteiger partial charge is 0.166 e. The van der Waals surface area contributed by atoms with Crippen LogP contribution in [0.2, 0.25) is 0 Å². The summed E-state index contributed by atoms with van der Waals surface area (Å²) in [7, 11) is 0. The average Bonchev–Trinajstić information content (AvgIpc) is 2.29. The average molecular weight is 188 g/mol. The molecule has 0 unspecified atom stereocenters. The van der Waals surface area contributed by atoms with Gasteiger partial charge in [0.1, 0.15) is 0 Å². The van der Waals surface area contributed by atoms with Crippen molar-refractivity contribution >= 4 is 0 Å². The second-order valence-corrected chi connectivity index (χ2v) is 3.85. The third-order valence-corrected chi connectivity index (χ3v) is 2.67. The van der Waals surface area contributed by atoms with E-state index < -0.39 is 0 Å². The van der Waals surface area contributed by atoms with E-state index in [1.165, 1.54) is 32.1 Å². The quantitative estimate of drug-likeness (QED) is 0.706. The molecule has 1 aliphatic rings. The second-order valence-electron chi connectivity index (χ2n) is 3.85. The van der Waals surface area contributed by atoms with Gasteiger partial charge in [-0.25, -0.2) is 0 Å². The maximum atomic E-state index is 5.62. The van der Waals surface area contributed by atoms with Gasteiger partial charge in [-0.3, -0.25) is 0 Å². The predicted octanol–water partition coefficient (Wildman–Crippen LogP) is 3.42. The molecular weight excluding hydrogens is 172 g/mol. The van der Waals surface area contributed by atoms with Crippen molar-refractivity contribution in [1.82, 2.24) is 0 Å². The van der Waals surface area contributed by atoms with E-state index in [4.69, 9.17) is 4.74 Å². The molecular formula is C13H16O. The van der Waals surface area contributed by atoms with Crippen LogP contribution in [0, 0.1) is 6.61 Å². The molecule has 14 heavy (non-hydrogen) atoms. The van der Waals surface area contributed by atoms with Gasteiger partial charge in [0, 0.05) is 0 Å². The molecule has 74 valence electrons. The Morgan fingerprint density at radius 1 is 1.00 bits per heavy atom. The molecule has 2 radical (unpaired) electrons. The van der Waals surface area contributed by atoms with Gasteiger partial charge in [0.05, 0.1) is 6.10 Å². The molecule has 0 aliphatic heterocycles. The molecule has 1 aromatic carbocycles. The maximum Gasteiger partial charge on any atom is 0.166 e. The Morgan fingerprint density at radius 2 is 1.71 bits per heavy atom. The lowest BCUT2D eigenvalue weighted by atomic mass is 9.98. The van der Waals surface area contributed by atoms with Gasteiger partial charge in [-0.15, -0.1) is 0 Å². The zero-order chi connectivity index (χ0) is 9.64. The fourth-order valence-corrected chi connectivity index (χ4v) is 1.84. The van der Waals surface area contributed by atoms with Gasteiger partial charge in [0.2, 0.25) is 0 Å². The summed E-state index contributed by atoms with van der Waals surface area (Å²) in [5, 5.41) is 0. The highest BCUT2D eigenvalue weighted by Gasteiger charge is 2.13. The lowest BCUT2D eigenvalue weighted by molar-refractivity contribution is 0.0816. The minimum absolute atomic E-state index is 0.406. The first kappa shape index (κ1) is 9.72. The predicted molar refractivity (Wildman–Crippen MR) is 56.7 cm³/mol. The summed E-state index contributed by atoms with van der Waals surface area (Å²) in [6, 6.07) is 10.1. The first-order chi connectivity index (χ1) is 6.95. The Hall–Kier alpha value is -0.820. The number of rotatable bonds is 3. The summed E-state index contributed by atoms with van der Waals surface area (Å²) in [4.78, 5) is 0. The third-order valence-electron chi connectivity index (χ3n) is 2.67. The topological polar surface area (TPSA) is 9.23 Å².